The lowest BCUT2D eigenvalue weighted by Crippen LogP contribution is -2.45. The molecule has 1 amide bonds. The number of imidazole rings is 1. The van der Waals surface area contributed by atoms with Crippen molar-refractivity contribution >= 4 is 28.7 Å². The van der Waals surface area contributed by atoms with Gasteiger partial charge in [0.2, 0.25) is 0 Å². The molecule has 2 heterocycles. The Morgan fingerprint density at radius 2 is 2.00 bits per heavy atom. The molecule has 0 bridgehead atoms. The number of carbonyl (C=O) groups is 1. The van der Waals surface area contributed by atoms with E-state index in [-0.39, 0.29) is 18.0 Å². The van der Waals surface area contributed by atoms with E-state index in [2.05, 4.69) is 22.2 Å². The molecule has 2 N–H and O–H groups in total. The van der Waals surface area contributed by atoms with Crippen molar-refractivity contribution in [3.63, 3.8) is 0 Å². The van der Waals surface area contributed by atoms with E-state index in [1.165, 1.54) is 0 Å². The number of hydrogen-bond acceptors (Lipinski definition) is 4. The quantitative estimate of drug-likeness (QED) is 0.675. The number of nitrogens with one attached hydrogen (secondary N) is 2. The van der Waals surface area contributed by atoms with Gasteiger partial charge in [0.25, 0.3) is 5.91 Å². The number of carbonyl (C=O) groups excluding carboxylic acids is 1. The van der Waals surface area contributed by atoms with Gasteiger partial charge in [-0.15, -0.1) is 11.8 Å². The van der Waals surface area contributed by atoms with Crippen LogP contribution in [-0.4, -0.2) is 46.7 Å². The standard InChI is InChI=1S/C21H24N4OS/c1-25-12-11-14(22-21(26)15-7-3-6-10-19(15)27-2)13-18(25)20-23-16-8-4-5-9-17(16)24-20/h3-10,14,18H,11-13H2,1-2H3,(H,22,26)(H,23,24)/t14-,18-/m1/s1. The maximum absolute atomic E-state index is 12.8. The molecule has 140 valence electrons. The molecule has 3 aromatic rings. The summed E-state index contributed by atoms with van der Waals surface area (Å²) in [5.41, 5.74) is 2.80. The highest BCUT2D eigenvalue weighted by Crippen LogP contribution is 2.30. The Morgan fingerprint density at radius 1 is 1.22 bits per heavy atom. The van der Waals surface area contributed by atoms with E-state index in [9.17, 15) is 4.79 Å². The number of nitrogens with zero attached hydrogens (tertiary/aromatic N) is 2. The second-order valence-electron chi connectivity index (χ2n) is 7.03. The SMILES string of the molecule is CSc1ccccc1C(=O)N[C@@H]1CCN(C)[C@@H](c2nc3ccccc3[nH]2)C1. The minimum atomic E-state index is 0.0119. The zero-order valence-corrected chi connectivity index (χ0v) is 16.4. The fourth-order valence-corrected chi connectivity index (χ4v) is 4.36. The molecule has 27 heavy (non-hydrogen) atoms. The van der Waals surface area contributed by atoms with Crippen molar-refractivity contribution in [3.05, 3.63) is 59.9 Å². The average molecular weight is 381 g/mol. The Hall–Kier alpha value is -2.31. The van der Waals surface area contributed by atoms with Crippen LogP contribution in [0.4, 0.5) is 0 Å². The van der Waals surface area contributed by atoms with Gasteiger partial charge < -0.3 is 10.3 Å². The third-order valence-corrected chi connectivity index (χ3v) is 6.08. The molecule has 1 aromatic heterocycles. The van der Waals surface area contributed by atoms with Crippen molar-refractivity contribution in [2.24, 2.45) is 0 Å². The molecule has 1 saturated heterocycles. The second-order valence-corrected chi connectivity index (χ2v) is 7.88. The number of piperidine rings is 1. The zero-order chi connectivity index (χ0) is 18.8. The number of aromatic amines is 1. The van der Waals surface area contributed by atoms with E-state index < -0.39 is 0 Å². The number of para-hydroxylation sites is 2. The average Bonchev–Trinajstić information content (AvgIpc) is 3.13. The number of aromatic nitrogens is 2. The van der Waals surface area contributed by atoms with Crippen molar-refractivity contribution in [3.8, 4) is 0 Å². The van der Waals surface area contributed by atoms with E-state index >= 15 is 0 Å². The van der Waals surface area contributed by atoms with Gasteiger partial charge in [-0.1, -0.05) is 24.3 Å². The lowest BCUT2D eigenvalue weighted by molar-refractivity contribution is 0.0881. The molecule has 0 saturated carbocycles. The van der Waals surface area contributed by atoms with Crippen molar-refractivity contribution in [1.82, 2.24) is 20.2 Å². The zero-order valence-electron chi connectivity index (χ0n) is 15.6. The Morgan fingerprint density at radius 3 is 2.81 bits per heavy atom. The maximum atomic E-state index is 12.8. The molecule has 0 spiro atoms. The van der Waals surface area contributed by atoms with Gasteiger partial charge in [0.05, 0.1) is 22.6 Å². The van der Waals surface area contributed by atoms with Crippen LogP contribution in [0.15, 0.2) is 53.4 Å². The summed E-state index contributed by atoms with van der Waals surface area (Å²) in [6.07, 6.45) is 3.79. The Bertz CT molecular complexity index is 921. The largest absolute Gasteiger partial charge is 0.349 e. The lowest BCUT2D eigenvalue weighted by atomic mass is 9.96. The van der Waals surface area contributed by atoms with Gasteiger partial charge in [-0.05, 0) is 50.4 Å². The van der Waals surface area contributed by atoms with Crippen molar-refractivity contribution in [2.75, 3.05) is 19.8 Å². The summed E-state index contributed by atoms with van der Waals surface area (Å²) >= 11 is 1.60. The van der Waals surface area contributed by atoms with Gasteiger partial charge >= 0.3 is 0 Å². The minimum Gasteiger partial charge on any atom is -0.349 e. The van der Waals surface area contributed by atoms with E-state index in [1.54, 1.807) is 11.8 Å². The van der Waals surface area contributed by atoms with E-state index in [4.69, 9.17) is 4.98 Å². The molecule has 1 aliphatic rings. The van der Waals surface area contributed by atoms with Crippen molar-refractivity contribution in [2.45, 2.75) is 29.8 Å². The molecule has 0 unspecified atom stereocenters. The predicted molar refractivity (Wildman–Crippen MR) is 110 cm³/mol. The van der Waals surface area contributed by atoms with Gasteiger partial charge in [0.15, 0.2) is 0 Å². The molecule has 2 aromatic carbocycles. The number of likely N-dealkylation sites (tertiary alicyclic amines) is 1. The van der Waals surface area contributed by atoms with Crippen LogP contribution in [0.25, 0.3) is 11.0 Å². The minimum absolute atomic E-state index is 0.0119. The normalized spacial score (nSPS) is 20.7. The molecule has 5 nitrogen and oxygen atoms in total. The lowest BCUT2D eigenvalue weighted by Gasteiger charge is -2.36. The maximum Gasteiger partial charge on any atom is 0.252 e. The predicted octanol–water partition coefficient (Wildman–Crippen LogP) is 3.85. The first-order valence-corrected chi connectivity index (χ1v) is 10.5. The molecule has 2 atom stereocenters. The molecule has 1 aliphatic heterocycles. The topological polar surface area (TPSA) is 61.0 Å². The first-order valence-electron chi connectivity index (χ1n) is 9.24. The highest BCUT2D eigenvalue weighted by atomic mass is 32.2. The van der Waals surface area contributed by atoms with Crippen LogP contribution in [0.2, 0.25) is 0 Å². The number of benzene rings is 2. The number of hydrogen-bond donors (Lipinski definition) is 2. The molecule has 0 aliphatic carbocycles. The van der Waals surface area contributed by atoms with Crippen LogP contribution in [0, 0.1) is 0 Å². The number of fused-ring (bicyclic) bond motifs is 1. The first kappa shape index (κ1) is 18.1. The molecular formula is C21H24N4OS. The van der Waals surface area contributed by atoms with Crippen LogP contribution in [0.1, 0.15) is 35.1 Å². The van der Waals surface area contributed by atoms with Gasteiger partial charge in [0, 0.05) is 17.5 Å². The van der Waals surface area contributed by atoms with Crippen molar-refractivity contribution in [1.29, 1.82) is 0 Å². The Kier molecular flexibility index (Phi) is 5.18. The third kappa shape index (κ3) is 3.73. The third-order valence-electron chi connectivity index (χ3n) is 5.28. The molecule has 1 fully saturated rings. The first-order chi connectivity index (χ1) is 13.2. The summed E-state index contributed by atoms with van der Waals surface area (Å²) in [5, 5.41) is 3.24. The van der Waals surface area contributed by atoms with Crippen molar-refractivity contribution < 1.29 is 4.79 Å². The molecule has 6 heteroatoms. The molecule has 4 rings (SSSR count). The number of amides is 1. The van der Waals surface area contributed by atoms with E-state index in [1.807, 2.05) is 54.8 Å². The van der Waals surface area contributed by atoms with Gasteiger partial charge in [-0.2, -0.15) is 0 Å². The second kappa shape index (κ2) is 7.74. The van der Waals surface area contributed by atoms with Crippen LogP contribution in [0.5, 0.6) is 0 Å². The fraction of sp³-hybridized carbons (Fsp3) is 0.333. The van der Waals surface area contributed by atoms with Gasteiger partial charge in [-0.3, -0.25) is 9.69 Å². The van der Waals surface area contributed by atoms with Crippen LogP contribution < -0.4 is 5.32 Å². The van der Waals surface area contributed by atoms with Crippen LogP contribution in [-0.2, 0) is 0 Å². The summed E-state index contributed by atoms with van der Waals surface area (Å²) in [5.74, 6) is 0.986. The Balaban J connectivity index is 1.51. The van der Waals surface area contributed by atoms with E-state index in [0.29, 0.717) is 0 Å². The molecular weight excluding hydrogens is 356 g/mol. The molecule has 0 radical (unpaired) electrons. The van der Waals surface area contributed by atoms with E-state index in [0.717, 1.165) is 46.7 Å². The summed E-state index contributed by atoms with van der Waals surface area (Å²) in [4.78, 5) is 24.3. The summed E-state index contributed by atoms with van der Waals surface area (Å²) in [6, 6.07) is 16.2. The monoisotopic (exact) mass is 380 g/mol. The number of H-pyrrole nitrogens is 1. The smallest absolute Gasteiger partial charge is 0.252 e. The number of rotatable bonds is 4. The highest BCUT2D eigenvalue weighted by Gasteiger charge is 2.30. The number of thioether (sulfide) groups is 1. The Labute approximate surface area is 163 Å². The summed E-state index contributed by atoms with van der Waals surface area (Å²) in [7, 11) is 2.12. The fourth-order valence-electron chi connectivity index (χ4n) is 3.76. The highest BCUT2D eigenvalue weighted by molar-refractivity contribution is 7.98. The summed E-state index contributed by atoms with van der Waals surface area (Å²) < 4.78 is 0. The van der Waals surface area contributed by atoms with Crippen LogP contribution >= 0.6 is 11.8 Å². The van der Waals surface area contributed by atoms with Gasteiger partial charge in [-0.25, -0.2) is 4.98 Å². The van der Waals surface area contributed by atoms with Gasteiger partial charge in [0.1, 0.15) is 5.82 Å². The summed E-state index contributed by atoms with van der Waals surface area (Å²) in [6.45, 7) is 0.927. The van der Waals surface area contributed by atoms with Crippen LogP contribution in [0.3, 0.4) is 0 Å².